The molecule has 1 aliphatic carbocycles. The van der Waals surface area contributed by atoms with Crippen LogP contribution in [0.5, 0.6) is 0 Å². The Kier molecular flexibility index (Phi) is 6.00. The first-order valence-corrected chi connectivity index (χ1v) is 6.64. The monoisotopic (exact) mass is 282 g/mol. The molecule has 3 heteroatoms. The van der Waals surface area contributed by atoms with Crippen molar-refractivity contribution < 1.29 is 4.74 Å². The van der Waals surface area contributed by atoms with Crippen LogP contribution in [-0.2, 0) is 4.74 Å². The highest BCUT2D eigenvalue weighted by Gasteiger charge is 2.29. The number of hydrogen-bond acceptors (Lipinski definition) is 3. The number of nitrogens with zero attached hydrogens (tertiary/aromatic N) is 2. The lowest BCUT2D eigenvalue weighted by atomic mass is 9.79. The summed E-state index contributed by atoms with van der Waals surface area (Å²) in [6.45, 7) is 17.6. The molecule has 0 aromatic carbocycles. The number of allylic oxidation sites excluding steroid dienone is 6. The van der Waals surface area contributed by atoms with Crippen molar-refractivity contribution in [1.29, 1.82) is 0 Å². The minimum Gasteiger partial charge on any atom is -0.378 e. The van der Waals surface area contributed by atoms with Gasteiger partial charge in [0.1, 0.15) is 0 Å². The maximum atomic E-state index is 5.31. The molecule has 0 bridgehead atoms. The third-order valence-corrected chi connectivity index (χ3v) is 3.23. The maximum Gasteiger partial charge on any atom is 0.0781 e. The highest BCUT2D eigenvalue weighted by molar-refractivity contribution is 6.36. The molecule has 1 unspecified atom stereocenters. The summed E-state index contributed by atoms with van der Waals surface area (Å²) in [6, 6.07) is 0. The zero-order chi connectivity index (χ0) is 16.0. The van der Waals surface area contributed by atoms with Gasteiger partial charge in [-0.1, -0.05) is 38.5 Å². The summed E-state index contributed by atoms with van der Waals surface area (Å²) in [7, 11) is 3.40. The van der Waals surface area contributed by atoms with Crippen molar-refractivity contribution in [2.75, 3.05) is 14.2 Å². The van der Waals surface area contributed by atoms with Crippen molar-refractivity contribution in [3.63, 3.8) is 0 Å². The van der Waals surface area contributed by atoms with Crippen LogP contribution < -0.4 is 0 Å². The van der Waals surface area contributed by atoms with Crippen molar-refractivity contribution in [2.45, 2.75) is 13.0 Å². The summed E-state index contributed by atoms with van der Waals surface area (Å²) < 4.78 is 5.31. The molecule has 0 radical (unpaired) electrons. The minimum atomic E-state index is -0.0591. The van der Waals surface area contributed by atoms with Gasteiger partial charge in [0.2, 0.25) is 0 Å². The molecule has 110 valence electrons. The van der Waals surface area contributed by atoms with E-state index >= 15 is 0 Å². The van der Waals surface area contributed by atoms with Crippen molar-refractivity contribution in [2.24, 2.45) is 9.98 Å². The summed E-state index contributed by atoms with van der Waals surface area (Å²) in [5.74, 6) is 0. The molecule has 0 amide bonds. The molecule has 0 heterocycles. The molecule has 3 nitrogen and oxygen atoms in total. The molecule has 0 aliphatic heterocycles. The van der Waals surface area contributed by atoms with E-state index in [9.17, 15) is 0 Å². The molecular formula is C18H22N2O. The van der Waals surface area contributed by atoms with E-state index in [1.807, 2.05) is 19.1 Å². The predicted molar refractivity (Wildman–Crippen MR) is 92.1 cm³/mol. The lowest BCUT2D eigenvalue weighted by molar-refractivity contribution is 0.156. The largest absolute Gasteiger partial charge is 0.378 e. The highest BCUT2D eigenvalue weighted by Crippen LogP contribution is 2.32. The molecule has 1 fully saturated rings. The Morgan fingerprint density at radius 2 is 1.71 bits per heavy atom. The van der Waals surface area contributed by atoms with E-state index in [4.69, 9.17) is 4.74 Å². The quantitative estimate of drug-likeness (QED) is 0.771. The van der Waals surface area contributed by atoms with Crippen molar-refractivity contribution in [3.8, 4) is 0 Å². The summed E-state index contributed by atoms with van der Waals surface area (Å²) in [6.07, 6.45) is 6.97. The van der Waals surface area contributed by atoms with E-state index in [1.165, 1.54) is 6.20 Å². The van der Waals surface area contributed by atoms with E-state index in [1.54, 1.807) is 20.2 Å². The first-order valence-electron chi connectivity index (χ1n) is 6.64. The van der Waals surface area contributed by atoms with Gasteiger partial charge in [-0.15, -0.1) is 0 Å². The van der Waals surface area contributed by atoms with E-state index in [0.717, 1.165) is 33.7 Å². The van der Waals surface area contributed by atoms with Crippen LogP contribution in [0.4, 0.5) is 0 Å². The van der Waals surface area contributed by atoms with Gasteiger partial charge in [0, 0.05) is 42.6 Å². The van der Waals surface area contributed by atoms with E-state index < -0.39 is 0 Å². The maximum absolute atomic E-state index is 5.31. The second-order valence-electron chi connectivity index (χ2n) is 4.53. The Balaban J connectivity index is 3.55. The van der Waals surface area contributed by atoms with Crippen LogP contribution in [-0.4, -0.2) is 31.7 Å². The number of aliphatic imine (C=N–C) groups is 2. The Bertz CT molecular complexity index is 601. The number of ether oxygens (including phenoxy) is 1. The molecule has 0 saturated heterocycles. The average Bonchev–Trinajstić information content (AvgIpc) is 2.48. The van der Waals surface area contributed by atoms with Crippen LogP contribution in [0.15, 0.2) is 83.0 Å². The van der Waals surface area contributed by atoms with Crippen LogP contribution in [0.1, 0.15) is 6.92 Å². The van der Waals surface area contributed by atoms with Crippen molar-refractivity contribution in [1.82, 2.24) is 0 Å². The van der Waals surface area contributed by atoms with Crippen LogP contribution >= 0.6 is 0 Å². The Hall–Kier alpha value is -2.26. The van der Waals surface area contributed by atoms with Gasteiger partial charge in [0.25, 0.3) is 0 Å². The van der Waals surface area contributed by atoms with Gasteiger partial charge < -0.3 is 4.74 Å². The van der Waals surface area contributed by atoms with Gasteiger partial charge in [-0.2, -0.15) is 0 Å². The average molecular weight is 282 g/mol. The smallest absolute Gasteiger partial charge is 0.0781 e. The fourth-order valence-electron chi connectivity index (χ4n) is 2.14. The zero-order valence-electron chi connectivity index (χ0n) is 13.0. The fourth-order valence-corrected chi connectivity index (χ4v) is 2.14. The molecular weight excluding hydrogens is 260 g/mol. The standard InChI is InChI=1S/C18H22N2O/c1-8-10-15-13(4)17(19-6)16(11-12(3)21-7)14(5)18(15)20-9-2/h8-12H,1-2,4-5H2,3,6-7H3/b15-10+,16-11+,19-17?,20-18?. The van der Waals surface area contributed by atoms with Gasteiger partial charge >= 0.3 is 0 Å². The van der Waals surface area contributed by atoms with Crippen LogP contribution in [0.3, 0.4) is 0 Å². The topological polar surface area (TPSA) is 34.0 Å². The van der Waals surface area contributed by atoms with Gasteiger partial charge in [-0.3, -0.25) is 9.98 Å². The number of hydrogen-bond donors (Lipinski definition) is 0. The molecule has 0 aromatic heterocycles. The lowest BCUT2D eigenvalue weighted by Gasteiger charge is -2.26. The minimum absolute atomic E-state index is 0.0591. The Morgan fingerprint density at radius 3 is 2.19 bits per heavy atom. The van der Waals surface area contributed by atoms with E-state index in [-0.39, 0.29) is 6.10 Å². The van der Waals surface area contributed by atoms with E-state index in [2.05, 4.69) is 36.3 Å². The Labute approximate surface area is 127 Å². The van der Waals surface area contributed by atoms with Crippen LogP contribution in [0.25, 0.3) is 0 Å². The molecule has 0 N–H and O–H groups in total. The molecule has 1 saturated carbocycles. The predicted octanol–water partition coefficient (Wildman–Crippen LogP) is 3.84. The van der Waals surface area contributed by atoms with Crippen molar-refractivity contribution >= 4 is 11.4 Å². The summed E-state index contributed by atoms with van der Waals surface area (Å²) in [5, 5.41) is 0. The third-order valence-electron chi connectivity index (χ3n) is 3.23. The molecule has 1 aliphatic rings. The van der Waals surface area contributed by atoms with Gasteiger partial charge in [-0.25, -0.2) is 0 Å². The molecule has 0 aromatic rings. The number of methoxy groups -OCH3 is 1. The molecule has 1 rings (SSSR count). The lowest BCUT2D eigenvalue weighted by Crippen LogP contribution is -2.26. The van der Waals surface area contributed by atoms with Gasteiger partial charge in [-0.05, 0) is 13.0 Å². The zero-order valence-corrected chi connectivity index (χ0v) is 13.0. The number of rotatable bonds is 4. The highest BCUT2D eigenvalue weighted by atomic mass is 16.5. The summed E-state index contributed by atoms with van der Waals surface area (Å²) >= 11 is 0. The molecule has 1 atom stereocenters. The molecule has 21 heavy (non-hydrogen) atoms. The van der Waals surface area contributed by atoms with Crippen LogP contribution in [0, 0.1) is 0 Å². The van der Waals surface area contributed by atoms with Gasteiger partial charge in [0.05, 0.1) is 17.5 Å². The van der Waals surface area contributed by atoms with Gasteiger partial charge in [0.15, 0.2) is 0 Å². The second kappa shape index (κ2) is 7.50. The van der Waals surface area contributed by atoms with Crippen molar-refractivity contribution in [3.05, 3.63) is 73.0 Å². The van der Waals surface area contributed by atoms with E-state index in [0.29, 0.717) is 0 Å². The summed E-state index contributed by atoms with van der Waals surface area (Å²) in [5.41, 5.74) is 4.84. The normalized spacial score (nSPS) is 24.9. The third kappa shape index (κ3) is 3.44. The Morgan fingerprint density at radius 1 is 1.10 bits per heavy atom. The first kappa shape index (κ1) is 16.8. The second-order valence-corrected chi connectivity index (χ2v) is 4.53. The first-order chi connectivity index (χ1) is 10.0. The molecule has 0 spiro atoms. The fraction of sp³-hybridized carbons (Fsp3) is 0.222. The van der Waals surface area contributed by atoms with Crippen LogP contribution in [0.2, 0.25) is 0 Å². The summed E-state index contributed by atoms with van der Waals surface area (Å²) in [4.78, 5) is 8.69. The SMILES string of the molecule is C=C/C=C1\C(=C)C(=NC)/C(=C/C(C)OC)C(=C)C1=NC=C.